The van der Waals surface area contributed by atoms with Crippen LogP contribution in [0.25, 0.3) is 0 Å². The molecule has 100 valence electrons. The maximum absolute atomic E-state index is 12.1. The van der Waals surface area contributed by atoms with Crippen LogP contribution in [0.2, 0.25) is 5.02 Å². The Bertz CT molecular complexity index is 575. The summed E-state index contributed by atoms with van der Waals surface area (Å²) >= 11 is 7.73. The van der Waals surface area contributed by atoms with Crippen LogP contribution in [-0.2, 0) is 10.8 Å². The molecule has 0 heterocycles. The van der Waals surface area contributed by atoms with Crippen molar-refractivity contribution in [3.8, 4) is 0 Å². The van der Waals surface area contributed by atoms with Crippen LogP contribution >= 0.6 is 23.4 Å². The Labute approximate surface area is 124 Å². The average molecular weight is 312 g/mol. The molecule has 0 aliphatic carbocycles. The summed E-state index contributed by atoms with van der Waals surface area (Å²) in [6.45, 7) is 0. The van der Waals surface area contributed by atoms with Crippen molar-refractivity contribution < 1.29 is 4.21 Å². The van der Waals surface area contributed by atoms with Crippen molar-refractivity contribution in [1.82, 2.24) is 0 Å². The number of anilines is 1. The Morgan fingerprint density at radius 3 is 2.58 bits per heavy atom. The molecular weight excluding hydrogens is 298 g/mol. The lowest BCUT2D eigenvalue weighted by molar-refractivity contribution is 0.684. The van der Waals surface area contributed by atoms with Gasteiger partial charge in [0.2, 0.25) is 0 Å². The smallest absolute Gasteiger partial charge is 0.0587 e. The van der Waals surface area contributed by atoms with Crippen molar-refractivity contribution >= 4 is 39.8 Å². The number of hydrogen-bond donors (Lipinski definition) is 1. The third-order valence-corrected chi connectivity index (χ3v) is 5.60. The highest BCUT2D eigenvalue weighted by Gasteiger charge is 2.09. The maximum Gasteiger partial charge on any atom is 0.0587 e. The summed E-state index contributed by atoms with van der Waals surface area (Å²) in [6.07, 6.45) is 0. The molecule has 0 spiro atoms. The zero-order valence-electron chi connectivity index (χ0n) is 10.2. The molecule has 5 heteroatoms. The largest absolute Gasteiger partial charge is 0.399 e. The van der Waals surface area contributed by atoms with Gasteiger partial charge in [0.1, 0.15) is 0 Å². The predicted octanol–water partition coefficient (Wildman–Crippen LogP) is 3.82. The average Bonchev–Trinajstić information content (AvgIpc) is 2.39. The number of halogens is 1. The maximum atomic E-state index is 12.1. The highest BCUT2D eigenvalue weighted by atomic mass is 35.5. The van der Waals surface area contributed by atoms with E-state index in [0.717, 1.165) is 5.75 Å². The summed E-state index contributed by atoms with van der Waals surface area (Å²) in [5.41, 5.74) is 6.20. The molecule has 0 bridgehead atoms. The molecule has 2 rings (SSSR count). The first-order valence-corrected chi connectivity index (χ1v) is 8.46. The van der Waals surface area contributed by atoms with Gasteiger partial charge in [-0.1, -0.05) is 29.8 Å². The minimum atomic E-state index is -1.09. The summed E-state index contributed by atoms with van der Waals surface area (Å²) < 4.78 is 12.1. The van der Waals surface area contributed by atoms with Gasteiger partial charge in [-0.15, -0.1) is 11.8 Å². The molecule has 2 aromatic carbocycles. The van der Waals surface area contributed by atoms with Crippen LogP contribution in [-0.4, -0.2) is 15.7 Å². The number of nitrogen functional groups attached to an aromatic ring is 1. The van der Waals surface area contributed by atoms with Crippen LogP contribution in [0.15, 0.2) is 58.3 Å². The van der Waals surface area contributed by atoms with Gasteiger partial charge in [0.25, 0.3) is 0 Å². The van der Waals surface area contributed by atoms with Crippen LogP contribution < -0.4 is 5.73 Å². The van der Waals surface area contributed by atoms with Crippen molar-refractivity contribution in [3.05, 3.63) is 53.6 Å². The fraction of sp³-hybridized carbons (Fsp3) is 0.143. The van der Waals surface area contributed by atoms with E-state index in [1.165, 1.54) is 4.90 Å². The number of nitrogens with two attached hydrogens (primary N) is 1. The van der Waals surface area contributed by atoms with Gasteiger partial charge in [-0.25, -0.2) is 0 Å². The molecule has 1 unspecified atom stereocenters. The lowest BCUT2D eigenvalue weighted by Gasteiger charge is -2.05. The summed E-state index contributed by atoms with van der Waals surface area (Å²) in [5, 5.41) is 0.475. The fourth-order valence-corrected chi connectivity index (χ4v) is 4.25. The lowest BCUT2D eigenvalue weighted by atomic mass is 10.3. The first-order valence-electron chi connectivity index (χ1n) is 5.78. The molecule has 0 saturated carbocycles. The minimum Gasteiger partial charge on any atom is -0.399 e. The second kappa shape index (κ2) is 6.98. The Kier molecular flexibility index (Phi) is 5.31. The monoisotopic (exact) mass is 311 g/mol. The van der Waals surface area contributed by atoms with Crippen LogP contribution in [0.5, 0.6) is 0 Å². The summed E-state index contributed by atoms with van der Waals surface area (Å²) in [6, 6.07) is 15.2. The Morgan fingerprint density at radius 2 is 1.89 bits per heavy atom. The van der Waals surface area contributed by atoms with Gasteiger partial charge in [0.05, 0.1) is 20.7 Å². The molecule has 0 aliphatic heterocycles. The zero-order valence-corrected chi connectivity index (χ0v) is 12.6. The molecule has 0 saturated heterocycles. The van der Waals surface area contributed by atoms with E-state index < -0.39 is 10.8 Å². The molecule has 0 radical (unpaired) electrons. The van der Waals surface area contributed by atoms with Gasteiger partial charge < -0.3 is 5.73 Å². The highest BCUT2D eigenvalue weighted by molar-refractivity contribution is 8.00. The number of thioether (sulfide) groups is 1. The second-order valence-electron chi connectivity index (χ2n) is 3.90. The van der Waals surface area contributed by atoms with Gasteiger partial charge in [-0.05, 0) is 30.3 Å². The van der Waals surface area contributed by atoms with E-state index in [9.17, 15) is 4.21 Å². The van der Waals surface area contributed by atoms with Crippen LogP contribution in [0.4, 0.5) is 5.69 Å². The molecule has 2 aromatic rings. The zero-order chi connectivity index (χ0) is 13.7. The molecule has 2 N–H and O–H groups in total. The third-order valence-electron chi connectivity index (χ3n) is 2.48. The molecule has 0 amide bonds. The molecule has 0 aliphatic rings. The molecule has 0 fully saturated rings. The molecular formula is C14H14ClNOS2. The third kappa shape index (κ3) is 4.27. The van der Waals surface area contributed by atoms with E-state index >= 15 is 0 Å². The molecule has 0 aromatic heterocycles. The highest BCUT2D eigenvalue weighted by Crippen LogP contribution is 2.24. The van der Waals surface area contributed by atoms with Crippen LogP contribution in [0, 0.1) is 0 Å². The van der Waals surface area contributed by atoms with Gasteiger partial charge in [-0.3, -0.25) is 4.21 Å². The van der Waals surface area contributed by atoms with E-state index in [2.05, 4.69) is 0 Å². The van der Waals surface area contributed by atoms with Gasteiger partial charge in [0, 0.05) is 22.1 Å². The van der Waals surface area contributed by atoms with Crippen molar-refractivity contribution in [2.24, 2.45) is 0 Å². The molecule has 1 atom stereocenters. The van der Waals surface area contributed by atoms with E-state index in [4.69, 9.17) is 17.3 Å². The van der Waals surface area contributed by atoms with Gasteiger partial charge in [-0.2, -0.15) is 0 Å². The number of benzene rings is 2. The Hall–Kier alpha value is -0.970. The number of rotatable bonds is 5. The molecule has 2 nitrogen and oxygen atoms in total. The van der Waals surface area contributed by atoms with Crippen LogP contribution in [0.3, 0.4) is 0 Å². The van der Waals surface area contributed by atoms with E-state index in [-0.39, 0.29) is 0 Å². The Morgan fingerprint density at radius 1 is 1.16 bits per heavy atom. The number of hydrogen-bond acceptors (Lipinski definition) is 3. The van der Waals surface area contributed by atoms with E-state index in [1.54, 1.807) is 30.0 Å². The second-order valence-corrected chi connectivity index (χ2v) is 7.02. The van der Waals surface area contributed by atoms with E-state index in [0.29, 0.717) is 21.4 Å². The van der Waals surface area contributed by atoms with Gasteiger partial charge >= 0.3 is 0 Å². The summed E-state index contributed by atoms with van der Waals surface area (Å²) in [4.78, 5) is 1.84. The van der Waals surface area contributed by atoms with Crippen molar-refractivity contribution in [1.29, 1.82) is 0 Å². The fourth-order valence-electron chi connectivity index (χ4n) is 1.56. The molecule has 19 heavy (non-hydrogen) atoms. The quantitative estimate of drug-likeness (QED) is 0.674. The normalized spacial score (nSPS) is 12.3. The predicted molar refractivity (Wildman–Crippen MR) is 84.3 cm³/mol. The first kappa shape index (κ1) is 14.4. The topological polar surface area (TPSA) is 43.1 Å². The van der Waals surface area contributed by atoms with Crippen LogP contribution in [0.1, 0.15) is 0 Å². The summed E-state index contributed by atoms with van der Waals surface area (Å²) in [5.74, 6) is 1.36. The van der Waals surface area contributed by atoms with E-state index in [1.807, 2.05) is 30.3 Å². The van der Waals surface area contributed by atoms with Gasteiger partial charge in [0.15, 0.2) is 0 Å². The first-order chi connectivity index (χ1) is 9.16. The van der Waals surface area contributed by atoms with Crippen molar-refractivity contribution in [2.45, 2.75) is 9.79 Å². The van der Waals surface area contributed by atoms with Crippen molar-refractivity contribution in [2.75, 3.05) is 17.2 Å². The minimum absolute atomic E-state index is 0.475. The SMILES string of the molecule is Nc1ccc(S(=O)CCSc2ccccc2)c(Cl)c1. The Balaban J connectivity index is 1.91. The summed E-state index contributed by atoms with van der Waals surface area (Å²) in [7, 11) is -1.09. The lowest BCUT2D eigenvalue weighted by Crippen LogP contribution is -2.02. The standard InChI is InChI=1S/C14H14ClNOS2/c15-13-10-11(16)6-7-14(13)19(17)9-8-18-12-4-2-1-3-5-12/h1-7,10H,8-9,16H2. The van der Waals surface area contributed by atoms with Crippen molar-refractivity contribution in [3.63, 3.8) is 0 Å².